The molecule has 0 aliphatic rings. The van der Waals surface area contributed by atoms with Crippen LogP contribution < -0.4 is 10.2 Å². The van der Waals surface area contributed by atoms with Gasteiger partial charge in [0, 0.05) is 11.1 Å². The summed E-state index contributed by atoms with van der Waals surface area (Å²) in [4.78, 5) is 11.9. The van der Waals surface area contributed by atoms with Crippen molar-refractivity contribution in [3.05, 3.63) is 58.8 Å². The Morgan fingerprint density at radius 1 is 0.842 bits per heavy atom. The number of ether oxygens (including phenoxy) is 1. The van der Waals surface area contributed by atoms with Gasteiger partial charge in [-0.3, -0.25) is 4.79 Å². The summed E-state index contributed by atoms with van der Waals surface area (Å²) in [6.07, 6.45) is 0. The van der Waals surface area contributed by atoms with E-state index < -0.39 is 0 Å². The third-order valence-electron chi connectivity index (χ3n) is 3.18. The molecular formula is C16H12O3. The minimum atomic E-state index is 0.0656. The fourth-order valence-electron chi connectivity index (χ4n) is 2.11. The fourth-order valence-corrected chi connectivity index (χ4v) is 2.11. The van der Waals surface area contributed by atoms with E-state index in [1.54, 1.807) is 31.4 Å². The summed E-state index contributed by atoms with van der Waals surface area (Å²) in [7, 11) is 1.61. The predicted octanol–water partition coefficient (Wildman–Crippen LogP) is 2.97. The second-order valence-corrected chi connectivity index (χ2v) is 4.35. The number of methoxy groups -OCH3 is 1. The molecule has 0 aliphatic carbocycles. The van der Waals surface area contributed by atoms with Crippen molar-refractivity contribution < 1.29 is 9.84 Å². The first-order valence-corrected chi connectivity index (χ1v) is 5.93. The molecule has 0 radical (unpaired) electrons. The van der Waals surface area contributed by atoms with Crippen LogP contribution in [0.1, 0.15) is 0 Å². The summed E-state index contributed by atoms with van der Waals surface area (Å²) >= 11 is 0. The number of benzene rings is 2. The summed E-state index contributed by atoms with van der Waals surface area (Å²) in [5.41, 5.74) is 3.27. The van der Waals surface area contributed by atoms with Gasteiger partial charge in [-0.1, -0.05) is 24.3 Å². The highest BCUT2D eigenvalue weighted by molar-refractivity contribution is 5.94. The van der Waals surface area contributed by atoms with Gasteiger partial charge in [0.1, 0.15) is 11.5 Å². The third-order valence-corrected chi connectivity index (χ3v) is 3.18. The molecule has 3 rings (SSSR count). The summed E-state index contributed by atoms with van der Waals surface area (Å²) < 4.78 is 5.09. The minimum Gasteiger partial charge on any atom is -0.508 e. The molecular weight excluding hydrogens is 240 g/mol. The fraction of sp³-hybridized carbons (Fsp3) is 0.0625. The largest absolute Gasteiger partial charge is 0.508 e. The number of hydrogen-bond acceptors (Lipinski definition) is 3. The lowest BCUT2D eigenvalue weighted by Gasteiger charge is -1.99. The van der Waals surface area contributed by atoms with Crippen molar-refractivity contribution in [2.24, 2.45) is 0 Å². The SMILES string of the molecule is COc1ccc(-c2c(-c3ccc(O)cc3)c2=O)cc1. The van der Waals surface area contributed by atoms with Gasteiger partial charge in [0.15, 0.2) is 5.43 Å². The molecule has 19 heavy (non-hydrogen) atoms. The molecule has 0 aromatic heterocycles. The molecule has 0 spiro atoms. The zero-order valence-corrected chi connectivity index (χ0v) is 10.4. The predicted molar refractivity (Wildman–Crippen MR) is 74.2 cm³/mol. The second-order valence-electron chi connectivity index (χ2n) is 4.35. The number of aromatic hydroxyl groups is 1. The highest BCUT2D eigenvalue weighted by Crippen LogP contribution is 2.35. The van der Waals surface area contributed by atoms with Crippen LogP contribution >= 0.6 is 0 Å². The van der Waals surface area contributed by atoms with E-state index in [0.29, 0.717) is 0 Å². The molecule has 0 unspecified atom stereocenters. The van der Waals surface area contributed by atoms with E-state index in [-0.39, 0.29) is 11.2 Å². The zero-order chi connectivity index (χ0) is 13.4. The van der Waals surface area contributed by atoms with Gasteiger partial charge < -0.3 is 9.84 Å². The van der Waals surface area contributed by atoms with Crippen molar-refractivity contribution in [1.29, 1.82) is 0 Å². The van der Waals surface area contributed by atoms with Crippen LogP contribution in [0.2, 0.25) is 0 Å². The average molecular weight is 252 g/mol. The van der Waals surface area contributed by atoms with Crippen LogP contribution in [0.5, 0.6) is 11.5 Å². The standard InChI is InChI=1S/C16H12O3/c1-19-13-8-4-11(5-9-13)15-14(16(15)18)10-2-6-12(17)7-3-10/h2-9,17H,1H3. The average Bonchev–Trinajstić information content (AvgIpc) is 3.11. The van der Waals surface area contributed by atoms with Crippen LogP contribution in [-0.4, -0.2) is 12.2 Å². The van der Waals surface area contributed by atoms with Crippen molar-refractivity contribution in [2.45, 2.75) is 0 Å². The summed E-state index contributed by atoms with van der Waals surface area (Å²) in [5, 5.41) is 9.25. The highest BCUT2D eigenvalue weighted by atomic mass is 16.5. The van der Waals surface area contributed by atoms with Gasteiger partial charge in [0.25, 0.3) is 0 Å². The third kappa shape index (κ3) is 1.99. The quantitative estimate of drug-likeness (QED) is 0.779. The Bertz CT molecular complexity index is 714. The van der Waals surface area contributed by atoms with E-state index in [9.17, 15) is 9.90 Å². The number of phenolic OH excluding ortho intramolecular Hbond substituents is 1. The van der Waals surface area contributed by atoms with E-state index in [1.165, 1.54) is 0 Å². The number of hydrogen-bond donors (Lipinski definition) is 1. The van der Waals surface area contributed by atoms with Gasteiger partial charge in [-0.2, -0.15) is 0 Å². The Labute approximate surface area is 110 Å². The van der Waals surface area contributed by atoms with Crippen LogP contribution in [-0.2, 0) is 0 Å². The molecule has 3 aromatic carbocycles. The van der Waals surface area contributed by atoms with E-state index in [2.05, 4.69) is 0 Å². The van der Waals surface area contributed by atoms with E-state index in [0.717, 1.165) is 28.0 Å². The molecule has 0 bridgehead atoms. The molecule has 0 aliphatic heterocycles. The Morgan fingerprint density at radius 3 is 1.79 bits per heavy atom. The Kier molecular flexibility index (Phi) is 2.60. The monoisotopic (exact) mass is 252 g/mol. The summed E-state index contributed by atoms with van der Waals surface area (Å²) in [6, 6.07) is 14.1. The summed E-state index contributed by atoms with van der Waals surface area (Å²) in [6.45, 7) is 0. The van der Waals surface area contributed by atoms with Crippen LogP contribution in [0.15, 0.2) is 53.3 Å². The zero-order valence-electron chi connectivity index (χ0n) is 10.4. The first kappa shape index (κ1) is 11.5. The van der Waals surface area contributed by atoms with Gasteiger partial charge >= 0.3 is 0 Å². The molecule has 3 heteroatoms. The molecule has 0 saturated carbocycles. The molecule has 1 N–H and O–H groups in total. The van der Waals surface area contributed by atoms with Gasteiger partial charge in [-0.15, -0.1) is 0 Å². The smallest absolute Gasteiger partial charge is 0.195 e. The van der Waals surface area contributed by atoms with Gasteiger partial charge in [0.2, 0.25) is 0 Å². The number of phenols is 1. The Morgan fingerprint density at radius 2 is 1.32 bits per heavy atom. The van der Waals surface area contributed by atoms with Gasteiger partial charge in [-0.05, 0) is 35.4 Å². The Balaban J connectivity index is 1.96. The van der Waals surface area contributed by atoms with Gasteiger partial charge in [-0.25, -0.2) is 0 Å². The van der Waals surface area contributed by atoms with Gasteiger partial charge in [0.05, 0.1) is 7.11 Å². The topological polar surface area (TPSA) is 46.5 Å². The molecule has 0 fully saturated rings. The van der Waals surface area contributed by atoms with Crippen molar-refractivity contribution in [3.8, 4) is 33.8 Å². The maximum Gasteiger partial charge on any atom is 0.195 e. The molecule has 3 nitrogen and oxygen atoms in total. The van der Waals surface area contributed by atoms with E-state index in [4.69, 9.17) is 4.74 Å². The first-order chi connectivity index (χ1) is 9.20. The van der Waals surface area contributed by atoms with Crippen LogP contribution in [0.25, 0.3) is 22.3 Å². The first-order valence-electron chi connectivity index (χ1n) is 5.93. The maximum absolute atomic E-state index is 11.9. The normalized spacial score (nSPS) is 10.8. The molecule has 94 valence electrons. The molecule has 3 aromatic rings. The molecule has 0 amide bonds. The summed E-state index contributed by atoms with van der Waals surface area (Å²) in [5.74, 6) is 0.965. The highest BCUT2D eigenvalue weighted by Gasteiger charge is 2.24. The van der Waals surface area contributed by atoms with Crippen LogP contribution in [0, 0.1) is 0 Å². The lowest BCUT2D eigenvalue weighted by atomic mass is 10.1. The van der Waals surface area contributed by atoms with E-state index >= 15 is 0 Å². The van der Waals surface area contributed by atoms with Crippen molar-refractivity contribution in [2.75, 3.05) is 7.11 Å². The Hall–Kier alpha value is -2.55. The van der Waals surface area contributed by atoms with Crippen molar-refractivity contribution in [3.63, 3.8) is 0 Å². The minimum absolute atomic E-state index is 0.0656. The van der Waals surface area contributed by atoms with Crippen LogP contribution in [0.4, 0.5) is 0 Å². The molecule has 0 saturated heterocycles. The maximum atomic E-state index is 11.9. The lowest BCUT2D eigenvalue weighted by Crippen LogP contribution is -1.82. The van der Waals surface area contributed by atoms with Crippen molar-refractivity contribution in [1.82, 2.24) is 0 Å². The van der Waals surface area contributed by atoms with Crippen LogP contribution in [0.3, 0.4) is 0 Å². The van der Waals surface area contributed by atoms with Crippen molar-refractivity contribution >= 4 is 0 Å². The molecule has 0 atom stereocenters. The van der Waals surface area contributed by atoms with E-state index in [1.807, 2.05) is 24.3 Å². The second kappa shape index (κ2) is 4.28. The number of rotatable bonds is 3. The lowest BCUT2D eigenvalue weighted by molar-refractivity contribution is 0.415. The molecule has 0 heterocycles.